The third-order valence-corrected chi connectivity index (χ3v) is 7.56. The lowest BCUT2D eigenvalue weighted by atomic mass is 10.0. The topological polar surface area (TPSA) is 113 Å². The van der Waals surface area contributed by atoms with Crippen molar-refractivity contribution in [2.24, 2.45) is 10.3 Å². The van der Waals surface area contributed by atoms with Gasteiger partial charge in [-0.25, -0.2) is 4.68 Å². The number of rotatable bonds is 6. The van der Waals surface area contributed by atoms with Crippen LogP contribution in [-0.2, 0) is 10.0 Å². The number of hydrogen-bond donors (Lipinski definition) is 3. The molecule has 0 amide bonds. The van der Waals surface area contributed by atoms with E-state index < -0.39 is 15.6 Å². The highest BCUT2D eigenvalue weighted by Gasteiger charge is 2.30. The Bertz CT molecular complexity index is 1300. The molecule has 0 radical (unpaired) electrons. The molecule has 0 unspecified atom stereocenters. The number of sulfonamides is 1. The van der Waals surface area contributed by atoms with Crippen molar-refractivity contribution >= 4 is 43.1 Å². The quantitative estimate of drug-likeness (QED) is 0.535. The van der Waals surface area contributed by atoms with Crippen molar-refractivity contribution in [3.8, 4) is 5.75 Å². The molecule has 30 heavy (non-hydrogen) atoms. The van der Waals surface area contributed by atoms with E-state index in [0.29, 0.717) is 28.4 Å². The zero-order valence-corrected chi connectivity index (χ0v) is 18.2. The van der Waals surface area contributed by atoms with E-state index in [2.05, 4.69) is 29.0 Å². The molecule has 1 aliphatic heterocycles. The van der Waals surface area contributed by atoms with Gasteiger partial charge in [0, 0.05) is 6.54 Å². The Kier molecular flexibility index (Phi) is 5.29. The van der Waals surface area contributed by atoms with Gasteiger partial charge in [0.15, 0.2) is 11.6 Å². The second-order valence-corrected chi connectivity index (χ2v) is 9.57. The SMILES string of the molecule is CCC(CC)CNn1c(=O)c(C2=NS(=O)(=O)c3ccccc3N2)c(O)c2sccc21. The van der Waals surface area contributed by atoms with Crippen LogP contribution in [0, 0.1) is 5.92 Å². The zero-order valence-electron chi connectivity index (χ0n) is 16.5. The fraction of sp³-hybridized carbons (Fsp3) is 0.300. The molecule has 3 heterocycles. The number of nitrogens with zero attached hydrogens (tertiary/aromatic N) is 2. The number of nitrogens with one attached hydrogen (secondary N) is 2. The smallest absolute Gasteiger partial charge is 0.286 e. The molecule has 0 spiro atoms. The first-order valence-electron chi connectivity index (χ1n) is 9.67. The first-order valence-corrected chi connectivity index (χ1v) is 12.0. The van der Waals surface area contributed by atoms with Crippen LogP contribution in [0.1, 0.15) is 32.3 Å². The lowest BCUT2D eigenvalue weighted by molar-refractivity contribution is 0.477. The van der Waals surface area contributed by atoms with Crippen LogP contribution in [-0.4, -0.2) is 30.6 Å². The average molecular weight is 447 g/mol. The zero-order chi connectivity index (χ0) is 21.5. The van der Waals surface area contributed by atoms with E-state index >= 15 is 0 Å². The van der Waals surface area contributed by atoms with Crippen molar-refractivity contribution in [1.29, 1.82) is 0 Å². The number of hydrogen-bond acceptors (Lipinski definition) is 7. The van der Waals surface area contributed by atoms with Gasteiger partial charge in [-0.15, -0.1) is 15.7 Å². The molecule has 0 bridgehead atoms. The highest BCUT2D eigenvalue weighted by molar-refractivity contribution is 7.90. The van der Waals surface area contributed by atoms with Crippen LogP contribution in [0.15, 0.2) is 49.8 Å². The number of benzene rings is 1. The summed E-state index contributed by atoms with van der Waals surface area (Å²) in [5.74, 6) is -0.101. The van der Waals surface area contributed by atoms with Crippen LogP contribution >= 0.6 is 11.3 Å². The first kappa shape index (κ1) is 20.4. The van der Waals surface area contributed by atoms with Crippen molar-refractivity contribution in [1.82, 2.24) is 4.68 Å². The molecule has 0 saturated carbocycles. The largest absolute Gasteiger partial charge is 0.505 e. The van der Waals surface area contributed by atoms with Crippen LogP contribution in [0.2, 0.25) is 0 Å². The molecule has 1 aliphatic rings. The fourth-order valence-electron chi connectivity index (χ4n) is 3.48. The highest BCUT2D eigenvalue weighted by Crippen LogP contribution is 2.34. The lowest BCUT2D eigenvalue weighted by Gasteiger charge is -2.21. The van der Waals surface area contributed by atoms with Crippen molar-refractivity contribution in [2.45, 2.75) is 31.6 Å². The second kappa shape index (κ2) is 7.77. The first-order chi connectivity index (χ1) is 14.4. The van der Waals surface area contributed by atoms with Gasteiger partial charge < -0.3 is 15.8 Å². The molecule has 0 saturated heterocycles. The maximum Gasteiger partial charge on any atom is 0.286 e. The summed E-state index contributed by atoms with van der Waals surface area (Å²) in [4.78, 5) is 13.4. The van der Waals surface area contributed by atoms with Gasteiger partial charge in [0.2, 0.25) is 0 Å². The molecule has 3 aromatic rings. The summed E-state index contributed by atoms with van der Waals surface area (Å²) in [5, 5.41) is 15.5. The summed E-state index contributed by atoms with van der Waals surface area (Å²) in [6, 6.07) is 8.06. The Labute approximate surface area is 177 Å². The van der Waals surface area contributed by atoms with Crippen molar-refractivity contribution in [3.63, 3.8) is 0 Å². The molecule has 0 fully saturated rings. The predicted molar refractivity (Wildman–Crippen MR) is 120 cm³/mol. The van der Waals surface area contributed by atoms with Gasteiger partial charge in [-0.3, -0.25) is 4.79 Å². The number of aromatic nitrogens is 1. The Hall–Kier alpha value is -2.85. The normalized spacial score (nSPS) is 15.0. The minimum Gasteiger partial charge on any atom is -0.505 e. The second-order valence-electron chi connectivity index (χ2n) is 7.08. The molecule has 10 heteroatoms. The van der Waals surface area contributed by atoms with E-state index in [1.807, 2.05) is 0 Å². The van der Waals surface area contributed by atoms with Crippen LogP contribution in [0.5, 0.6) is 5.75 Å². The minimum atomic E-state index is -4.01. The Morgan fingerprint density at radius 1 is 1.23 bits per heavy atom. The standard InChI is InChI=1S/C20H22N4O4S2/c1-3-12(4-2)11-21-24-14-9-10-29-18(14)17(25)16(20(24)26)19-22-13-7-5-6-8-15(13)30(27,28)23-19/h5-10,12,21,25H,3-4,11H2,1-2H3,(H,22,23). The van der Waals surface area contributed by atoms with E-state index in [0.717, 1.165) is 12.8 Å². The molecule has 4 rings (SSSR count). The van der Waals surface area contributed by atoms with Gasteiger partial charge in [0.25, 0.3) is 15.6 Å². The molecule has 2 aromatic heterocycles. The van der Waals surface area contributed by atoms with Crippen LogP contribution in [0.25, 0.3) is 10.2 Å². The van der Waals surface area contributed by atoms with E-state index in [4.69, 9.17) is 0 Å². The molecule has 0 aliphatic carbocycles. The summed E-state index contributed by atoms with van der Waals surface area (Å²) in [6.45, 7) is 4.75. The van der Waals surface area contributed by atoms with E-state index in [-0.39, 0.29) is 22.0 Å². The molecular formula is C20H22N4O4S2. The van der Waals surface area contributed by atoms with Gasteiger partial charge >= 0.3 is 0 Å². The van der Waals surface area contributed by atoms with Crippen molar-refractivity contribution < 1.29 is 13.5 Å². The summed E-state index contributed by atoms with van der Waals surface area (Å²) in [7, 11) is -4.01. The fourth-order valence-corrected chi connectivity index (χ4v) is 5.43. The van der Waals surface area contributed by atoms with E-state index in [1.165, 1.54) is 22.1 Å². The van der Waals surface area contributed by atoms with Gasteiger partial charge in [-0.1, -0.05) is 38.8 Å². The minimum absolute atomic E-state index is 0.0256. The highest BCUT2D eigenvalue weighted by atomic mass is 32.2. The Morgan fingerprint density at radius 2 is 1.97 bits per heavy atom. The van der Waals surface area contributed by atoms with Crippen LogP contribution in [0.4, 0.5) is 5.69 Å². The number of aromatic hydroxyl groups is 1. The Balaban J connectivity index is 1.88. The average Bonchev–Trinajstić information content (AvgIpc) is 3.20. The maximum atomic E-state index is 13.3. The monoisotopic (exact) mass is 446 g/mol. The third kappa shape index (κ3) is 3.35. The summed E-state index contributed by atoms with van der Waals surface area (Å²) in [6.07, 6.45) is 1.92. The number of amidine groups is 1. The third-order valence-electron chi connectivity index (χ3n) is 5.31. The predicted octanol–water partition coefficient (Wildman–Crippen LogP) is 3.31. The van der Waals surface area contributed by atoms with Gasteiger partial charge in [0.05, 0.1) is 15.9 Å². The number of para-hydroxylation sites is 1. The van der Waals surface area contributed by atoms with E-state index in [1.54, 1.807) is 29.6 Å². The molecule has 158 valence electrons. The summed E-state index contributed by atoms with van der Waals surface area (Å²) in [5.41, 5.74) is 3.26. The van der Waals surface area contributed by atoms with Crippen molar-refractivity contribution in [2.75, 3.05) is 17.3 Å². The van der Waals surface area contributed by atoms with Gasteiger partial charge in [-0.2, -0.15) is 8.42 Å². The Morgan fingerprint density at radius 3 is 2.70 bits per heavy atom. The molecule has 8 nitrogen and oxygen atoms in total. The maximum absolute atomic E-state index is 13.3. The number of pyridine rings is 1. The molecule has 3 N–H and O–H groups in total. The summed E-state index contributed by atoms with van der Waals surface area (Å²) >= 11 is 1.26. The number of fused-ring (bicyclic) bond motifs is 2. The lowest BCUT2D eigenvalue weighted by Crippen LogP contribution is -2.37. The summed E-state index contributed by atoms with van der Waals surface area (Å²) < 4.78 is 30.9. The molecule has 0 atom stereocenters. The van der Waals surface area contributed by atoms with Crippen LogP contribution < -0.4 is 16.3 Å². The number of thiophene rings is 1. The van der Waals surface area contributed by atoms with E-state index in [9.17, 15) is 18.3 Å². The number of anilines is 1. The molecule has 1 aromatic carbocycles. The van der Waals surface area contributed by atoms with Gasteiger partial charge in [0.1, 0.15) is 10.5 Å². The molecular weight excluding hydrogens is 424 g/mol. The van der Waals surface area contributed by atoms with Gasteiger partial charge in [-0.05, 0) is 29.5 Å². The van der Waals surface area contributed by atoms with Crippen LogP contribution in [0.3, 0.4) is 0 Å². The van der Waals surface area contributed by atoms with Crippen molar-refractivity contribution in [3.05, 3.63) is 51.6 Å².